The van der Waals surface area contributed by atoms with E-state index in [-0.39, 0.29) is 6.10 Å². The molecule has 3 rings (SSSR count). The van der Waals surface area contributed by atoms with E-state index < -0.39 is 0 Å². The van der Waals surface area contributed by atoms with Gasteiger partial charge in [-0.2, -0.15) is 4.98 Å². The van der Waals surface area contributed by atoms with Gasteiger partial charge in [-0.3, -0.25) is 0 Å². The smallest absolute Gasteiger partial charge is 0.225 e. The molecule has 2 aromatic rings. The lowest BCUT2D eigenvalue weighted by Gasteiger charge is -2.31. The molecule has 106 valence electrons. The largest absolute Gasteiger partial charge is 0.393 e. The second kappa shape index (κ2) is 5.63. The first kappa shape index (κ1) is 13.1. The molecule has 0 aliphatic carbocycles. The molecular weight excluding hydrogens is 252 g/mol. The summed E-state index contributed by atoms with van der Waals surface area (Å²) in [6.45, 7) is 4.52. The molecule has 1 aromatic carbocycles. The Bertz CT molecular complexity index is 593. The van der Waals surface area contributed by atoms with E-state index in [0.29, 0.717) is 5.95 Å². The molecule has 0 spiro atoms. The average Bonchev–Trinajstić information content (AvgIpc) is 2.48. The van der Waals surface area contributed by atoms with Gasteiger partial charge in [0.05, 0.1) is 11.6 Å². The summed E-state index contributed by atoms with van der Waals surface area (Å²) in [6, 6.07) is 8.08. The Kier molecular flexibility index (Phi) is 3.69. The zero-order valence-electron chi connectivity index (χ0n) is 11.7. The van der Waals surface area contributed by atoms with Crippen LogP contribution in [0.4, 0.5) is 11.8 Å². The molecule has 2 heterocycles. The topological polar surface area (TPSA) is 61.3 Å². The van der Waals surface area contributed by atoms with Gasteiger partial charge in [0, 0.05) is 25.0 Å². The number of aliphatic hydroxyl groups excluding tert-OH is 1. The number of aliphatic hydroxyl groups is 1. The maximum Gasteiger partial charge on any atom is 0.225 e. The molecule has 20 heavy (non-hydrogen) atoms. The van der Waals surface area contributed by atoms with Crippen LogP contribution in [0.3, 0.4) is 0 Å². The number of rotatable bonds is 3. The van der Waals surface area contributed by atoms with Gasteiger partial charge in [-0.05, 0) is 31.9 Å². The third-order valence-corrected chi connectivity index (χ3v) is 3.68. The second-order valence-electron chi connectivity index (χ2n) is 5.14. The summed E-state index contributed by atoms with van der Waals surface area (Å²) in [4.78, 5) is 11.4. The maximum atomic E-state index is 9.65. The molecule has 0 radical (unpaired) electrons. The van der Waals surface area contributed by atoms with Crippen molar-refractivity contribution >= 4 is 22.7 Å². The molecule has 1 saturated heterocycles. The highest BCUT2D eigenvalue weighted by Crippen LogP contribution is 2.27. The molecular formula is C15H20N4O. The summed E-state index contributed by atoms with van der Waals surface area (Å²) in [5, 5.41) is 13.9. The molecule has 2 N–H and O–H groups in total. The highest BCUT2D eigenvalue weighted by atomic mass is 16.3. The van der Waals surface area contributed by atoms with Gasteiger partial charge in [-0.15, -0.1) is 0 Å². The van der Waals surface area contributed by atoms with E-state index in [1.54, 1.807) is 0 Å². The Morgan fingerprint density at radius 1 is 1.25 bits per heavy atom. The van der Waals surface area contributed by atoms with Crippen molar-refractivity contribution in [2.24, 2.45) is 0 Å². The molecule has 1 fully saturated rings. The third kappa shape index (κ3) is 2.54. The van der Waals surface area contributed by atoms with Gasteiger partial charge in [-0.25, -0.2) is 4.98 Å². The van der Waals surface area contributed by atoms with Crippen LogP contribution in [0.25, 0.3) is 10.9 Å². The minimum Gasteiger partial charge on any atom is -0.393 e. The van der Waals surface area contributed by atoms with E-state index in [1.807, 2.05) is 25.1 Å². The highest BCUT2D eigenvalue weighted by Gasteiger charge is 2.20. The minimum atomic E-state index is -0.174. The van der Waals surface area contributed by atoms with Gasteiger partial charge >= 0.3 is 0 Å². The number of hydrogen-bond donors (Lipinski definition) is 2. The van der Waals surface area contributed by atoms with Crippen molar-refractivity contribution in [3.05, 3.63) is 24.3 Å². The number of nitrogens with zero attached hydrogens (tertiary/aromatic N) is 3. The van der Waals surface area contributed by atoms with Crippen molar-refractivity contribution in [3.63, 3.8) is 0 Å². The van der Waals surface area contributed by atoms with Crippen LogP contribution in [0, 0.1) is 0 Å². The molecule has 0 bridgehead atoms. The molecule has 0 atom stereocenters. The van der Waals surface area contributed by atoms with Crippen LogP contribution in [0.2, 0.25) is 0 Å². The van der Waals surface area contributed by atoms with Crippen LogP contribution in [-0.2, 0) is 0 Å². The predicted octanol–water partition coefficient (Wildman–Crippen LogP) is 2.02. The van der Waals surface area contributed by atoms with E-state index in [0.717, 1.165) is 49.2 Å². The van der Waals surface area contributed by atoms with E-state index in [2.05, 4.69) is 26.3 Å². The second-order valence-corrected chi connectivity index (χ2v) is 5.14. The molecule has 1 aromatic heterocycles. The van der Waals surface area contributed by atoms with Crippen molar-refractivity contribution < 1.29 is 5.11 Å². The minimum absolute atomic E-state index is 0.174. The number of benzene rings is 1. The SMILES string of the molecule is CCNc1nc(N2CCC(O)CC2)c2ccccc2n1. The normalized spacial score (nSPS) is 16.6. The molecule has 1 aliphatic rings. The van der Waals surface area contributed by atoms with Crippen LogP contribution in [0.15, 0.2) is 24.3 Å². The molecule has 0 unspecified atom stereocenters. The van der Waals surface area contributed by atoms with E-state index in [4.69, 9.17) is 0 Å². The number of nitrogens with one attached hydrogen (secondary N) is 1. The quantitative estimate of drug-likeness (QED) is 0.895. The third-order valence-electron chi connectivity index (χ3n) is 3.68. The van der Waals surface area contributed by atoms with Gasteiger partial charge in [-0.1, -0.05) is 12.1 Å². The Hall–Kier alpha value is -1.88. The number of anilines is 2. The Labute approximate surface area is 118 Å². The summed E-state index contributed by atoms with van der Waals surface area (Å²) in [5.41, 5.74) is 0.958. The summed E-state index contributed by atoms with van der Waals surface area (Å²) < 4.78 is 0. The van der Waals surface area contributed by atoms with E-state index in [9.17, 15) is 5.11 Å². The fourth-order valence-corrected chi connectivity index (χ4v) is 2.62. The fraction of sp³-hybridized carbons (Fsp3) is 0.467. The van der Waals surface area contributed by atoms with Gasteiger partial charge in [0.2, 0.25) is 5.95 Å². The zero-order valence-corrected chi connectivity index (χ0v) is 11.7. The van der Waals surface area contributed by atoms with Crippen molar-refractivity contribution in [3.8, 4) is 0 Å². The highest BCUT2D eigenvalue weighted by molar-refractivity contribution is 5.90. The summed E-state index contributed by atoms with van der Waals surface area (Å²) >= 11 is 0. The fourth-order valence-electron chi connectivity index (χ4n) is 2.62. The van der Waals surface area contributed by atoms with Gasteiger partial charge in [0.25, 0.3) is 0 Å². The number of fused-ring (bicyclic) bond motifs is 1. The zero-order chi connectivity index (χ0) is 13.9. The lowest BCUT2D eigenvalue weighted by Crippen LogP contribution is -2.36. The number of para-hydroxylation sites is 1. The van der Waals surface area contributed by atoms with Gasteiger partial charge in [0.1, 0.15) is 5.82 Å². The van der Waals surface area contributed by atoms with Crippen molar-refractivity contribution in [2.75, 3.05) is 29.9 Å². The Morgan fingerprint density at radius 3 is 2.75 bits per heavy atom. The van der Waals surface area contributed by atoms with Crippen LogP contribution < -0.4 is 10.2 Å². The van der Waals surface area contributed by atoms with Crippen molar-refractivity contribution in [1.29, 1.82) is 0 Å². The van der Waals surface area contributed by atoms with Crippen LogP contribution in [-0.4, -0.2) is 40.8 Å². The summed E-state index contributed by atoms with van der Waals surface area (Å²) in [6.07, 6.45) is 1.43. The monoisotopic (exact) mass is 272 g/mol. The number of hydrogen-bond acceptors (Lipinski definition) is 5. The Morgan fingerprint density at radius 2 is 2.00 bits per heavy atom. The standard InChI is InChI=1S/C15H20N4O/c1-2-16-15-17-13-6-4-3-5-12(13)14(18-15)19-9-7-11(20)8-10-19/h3-6,11,20H,2,7-10H2,1H3,(H,16,17,18). The molecule has 1 aliphatic heterocycles. The van der Waals surface area contributed by atoms with E-state index >= 15 is 0 Å². The molecule has 0 saturated carbocycles. The van der Waals surface area contributed by atoms with E-state index in [1.165, 1.54) is 0 Å². The molecule has 5 heteroatoms. The first-order valence-electron chi connectivity index (χ1n) is 7.21. The number of piperidine rings is 1. The predicted molar refractivity (Wildman–Crippen MR) is 81.2 cm³/mol. The first-order valence-corrected chi connectivity index (χ1v) is 7.21. The number of aromatic nitrogens is 2. The summed E-state index contributed by atoms with van der Waals surface area (Å²) in [7, 11) is 0. The van der Waals surface area contributed by atoms with Gasteiger partial charge < -0.3 is 15.3 Å². The van der Waals surface area contributed by atoms with Crippen LogP contribution in [0.1, 0.15) is 19.8 Å². The lowest BCUT2D eigenvalue weighted by atomic mass is 10.1. The lowest BCUT2D eigenvalue weighted by molar-refractivity contribution is 0.145. The summed E-state index contributed by atoms with van der Waals surface area (Å²) in [5.74, 6) is 1.64. The molecule has 0 amide bonds. The first-order chi connectivity index (χ1) is 9.78. The van der Waals surface area contributed by atoms with Crippen molar-refractivity contribution in [2.45, 2.75) is 25.9 Å². The average molecular weight is 272 g/mol. The van der Waals surface area contributed by atoms with Crippen LogP contribution in [0.5, 0.6) is 0 Å². The van der Waals surface area contributed by atoms with Crippen LogP contribution >= 0.6 is 0 Å². The maximum absolute atomic E-state index is 9.65. The Balaban J connectivity index is 2.03. The molecule has 5 nitrogen and oxygen atoms in total. The van der Waals surface area contributed by atoms with Crippen molar-refractivity contribution in [1.82, 2.24) is 9.97 Å². The van der Waals surface area contributed by atoms with Gasteiger partial charge in [0.15, 0.2) is 0 Å².